The van der Waals surface area contributed by atoms with Gasteiger partial charge in [-0.25, -0.2) is 8.42 Å². The summed E-state index contributed by atoms with van der Waals surface area (Å²) in [7, 11) is -3.50. The van der Waals surface area contributed by atoms with Crippen LogP contribution in [0.25, 0.3) is 0 Å². The molecule has 3 nitrogen and oxygen atoms in total. The monoisotopic (exact) mass is 307 g/mol. The molecule has 1 unspecified atom stereocenters. The molecule has 6 heteroatoms. The Balaban J connectivity index is 2.35. The van der Waals surface area contributed by atoms with Gasteiger partial charge < -0.3 is 0 Å². The highest BCUT2D eigenvalue weighted by Crippen LogP contribution is 2.29. The second-order valence-electron chi connectivity index (χ2n) is 4.69. The van der Waals surface area contributed by atoms with E-state index in [2.05, 4.69) is 6.92 Å². The molecule has 1 aromatic rings. The lowest BCUT2D eigenvalue weighted by Crippen LogP contribution is -2.39. The molecule has 0 N–H and O–H groups in total. The van der Waals surface area contributed by atoms with E-state index in [1.165, 1.54) is 16.4 Å². The van der Waals surface area contributed by atoms with Crippen LogP contribution in [0.2, 0.25) is 10.0 Å². The number of hydrogen-bond donors (Lipinski definition) is 0. The summed E-state index contributed by atoms with van der Waals surface area (Å²) in [4.78, 5) is 0.141. The van der Waals surface area contributed by atoms with E-state index in [9.17, 15) is 8.42 Å². The standard InChI is InChI=1S/C12H15Cl2NO2S/c1-9-3-2-6-15(8-9)18(16,17)12-5-4-10(13)7-11(12)14/h4-5,7,9H,2-3,6,8H2,1H3. The van der Waals surface area contributed by atoms with Crippen LogP contribution < -0.4 is 0 Å². The highest BCUT2D eigenvalue weighted by atomic mass is 35.5. The van der Waals surface area contributed by atoms with Crippen LogP contribution in [0, 0.1) is 5.92 Å². The summed E-state index contributed by atoms with van der Waals surface area (Å²) in [5.41, 5.74) is 0. The Morgan fingerprint density at radius 3 is 2.67 bits per heavy atom. The predicted molar refractivity (Wildman–Crippen MR) is 73.6 cm³/mol. The summed E-state index contributed by atoms with van der Waals surface area (Å²) < 4.78 is 26.4. The number of benzene rings is 1. The van der Waals surface area contributed by atoms with Crippen LogP contribution in [0.4, 0.5) is 0 Å². The summed E-state index contributed by atoms with van der Waals surface area (Å²) in [5, 5.41) is 0.617. The molecule has 1 heterocycles. The van der Waals surface area contributed by atoms with E-state index in [0.717, 1.165) is 12.8 Å². The largest absolute Gasteiger partial charge is 0.244 e. The van der Waals surface area contributed by atoms with Crippen LogP contribution >= 0.6 is 23.2 Å². The third kappa shape index (κ3) is 2.82. The molecule has 100 valence electrons. The highest BCUT2D eigenvalue weighted by Gasteiger charge is 2.30. The van der Waals surface area contributed by atoms with Gasteiger partial charge in [-0.1, -0.05) is 30.1 Å². The van der Waals surface area contributed by atoms with Gasteiger partial charge in [-0.3, -0.25) is 0 Å². The molecule has 0 spiro atoms. The van der Waals surface area contributed by atoms with Crippen LogP contribution in [0.15, 0.2) is 23.1 Å². The molecule has 1 atom stereocenters. The van der Waals surface area contributed by atoms with Gasteiger partial charge >= 0.3 is 0 Å². The van der Waals surface area contributed by atoms with Crippen LogP contribution in [-0.4, -0.2) is 25.8 Å². The molecule has 0 amide bonds. The number of halogens is 2. The quantitative estimate of drug-likeness (QED) is 0.839. The first-order chi connectivity index (χ1) is 8.41. The molecule has 1 aliphatic rings. The Bertz CT molecular complexity index is 545. The van der Waals surface area contributed by atoms with Crippen molar-refractivity contribution in [1.82, 2.24) is 4.31 Å². The van der Waals surface area contributed by atoms with Crippen molar-refractivity contribution in [3.63, 3.8) is 0 Å². The van der Waals surface area contributed by atoms with E-state index < -0.39 is 10.0 Å². The average Bonchev–Trinajstić information content (AvgIpc) is 2.28. The summed E-state index contributed by atoms with van der Waals surface area (Å²) in [6, 6.07) is 4.48. The number of nitrogens with zero attached hydrogens (tertiary/aromatic N) is 1. The lowest BCUT2D eigenvalue weighted by Gasteiger charge is -2.30. The molecular formula is C12H15Cl2NO2S. The summed E-state index contributed by atoms with van der Waals surface area (Å²) in [6.07, 6.45) is 1.96. The number of hydrogen-bond acceptors (Lipinski definition) is 2. The molecule has 0 aromatic heterocycles. The molecule has 0 bridgehead atoms. The lowest BCUT2D eigenvalue weighted by atomic mass is 10.0. The van der Waals surface area contributed by atoms with Gasteiger partial charge in [0.25, 0.3) is 0 Å². The Hall–Kier alpha value is -0.290. The van der Waals surface area contributed by atoms with Gasteiger partial charge in [0.1, 0.15) is 4.90 Å². The van der Waals surface area contributed by atoms with Crippen molar-refractivity contribution in [2.24, 2.45) is 5.92 Å². The smallest absolute Gasteiger partial charge is 0.207 e. The summed E-state index contributed by atoms with van der Waals surface area (Å²) >= 11 is 11.8. The Kier molecular flexibility index (Phi) is 4.22. The van der Waals surface area contributed by atoms with Crippen molar-refractivity contribution in [2.75, 3.05) is 13.1 Å². The molecule has 0 radical (unpaired) electrons. The zero-order valence-corrected chi connectivity index (χ0v) is 12.4. The summed E-state index contributed by atoms with van der Waals surface area (Å²) in [5.74, 6) is 0.389. The first-order valence-corrected chi connectivity index (χ1v) is 8.06. The van der Waals surface area contributed by atoms with Gasteiger partial charge in [0.2, 0.25) is 10.0 Å². The minimum absolute atomic E-state index is 0.141. The Morgan fingerprint density at radius 1 is 1.33 bits per heavy atom. The maximum atomic E-state index is 12.5. The molecular weight excluding hydrogens is 293 g/mol. The molecule has 0 aliphatic carbocycles. The third-order valence-corrected chi connectivity index (χ3v) is 5.71. The Morgan fingerprint density at radius 2 is 2.06 bits per heavy atom. The predicted octanol–water partition coefficient (Wildman–Crippen LogP) is 3.41. The zero-order valence-electron chi connectivity index (χ0n) is 10.1. The first kappa shape index (κ1) is 14.1. The molecule has 0 saturated carbocycles. The normalized spacial score (nSPS) is 22.1. The minimum Gasteiger partial charge on any atom is -0.207 e. The average molecular weight is 308 g/mol. The molecule has 1 aromatic carbocycles. The van der Waals surface area contributed by atoms with E-state index >= 15 is 0 Å². The topological polar surface area (TPSA) is 37.4 Å². The maximum absolute atomic E-state index is 12.5. The van der Waals surface area contributed by atoms with Gasteiger partial charge in [-0.15, -0.1) is 0 Å². The fourth-order valence-electron chi connectivity index (χ4n) is 2.19. The highest BCUT2D eigenvalue weighted by molar-refractivity contribution is 7.89. The molecule has 2 rings (SSSR count). The SMILES string of the molecule is CC1CCCN(S(=O)(=O)c2ccc(Cl)cc2Cl)C1. The third-order valence-electron chi connectivity index (χ3n) is 3.13. The minimum atomic E-state index is -3.50. The fraction of sp³-hybridized carbons (Fsp3) is 0.500. The van der Waals surface area contributed by atoms with Gasteiger partial charge in [-0.05, 0) is 37.0 Å². The molecule has 1 fully saturated rings. The Labute approximate surface area is 118 Å². The van der Waals surface area contributed by atoms with Crippen molar-refractivity contribution in [1.29, 1.82) is 0 Å². The van der Waals surface area contributed by atoms with Crippen LogP contribution in [0.1, 0.15) is 19.8 Å². The molecule has 18 heavy (non-hydrogen) atoms. The van der Waals surface area contributed by atoms with Crippen molar-refractivity contribution in [2.45, 2.75) is 24.7 Å². The van der Waals surface area contributed by atoms with E-state index in [-0.39, 0.29) is 9.92 Å². The van der Waals surface area contributed by atoms with Gasteiger partial charge in [0, 0.05) is 18.1 Å². The van der Waals surface area contributed by atoms with Crippen LogP contribution in [-0.2, 0) is 10.0 Å². The fourth-order valence-corrected chi connectivity index (χ4v) is 4.53. The second-order valence-corrected chi connectivity index (χ2v) is 7.44. The second kappa shape index (κ2) is 5.37. The van der Waals surface area contributed by atoms with Gasteiger partial charge in [0.05, 0.1) is 5.02 Å². The molecule has 1 saturated heterocycles. The van der Waals surface area contributed by atoms with Crippen LogP contribution in [0.5, 0.6) is 0 Å². The van der Waals surface area contributed by atoms with E-state index in [4.69, 9.17) is 23.2 Å². The lowest BCUT2D eigenvalue weighted by molar-refractivity contribution is 0.281. The van der Waals surface area contributed by atoms with Gasteiger partial charge in [0.15, 0.2) is 0 Å². The van der Waals surface area contributed by atoms with E-state index in [1.807, 2.05) is 0 Å². The van der Waals surface area contributed by atoms with Crippen molar-refractivity contribution < 1.29 is 8.42 Å². The summed E-state index contributed by atoms with van der Waals surface area (Å²) in [6.45, 7) is 3.18. The number of sulfonamides is 1. The van der Waals surface area contributed by atoms with Crippen molar-refractivity contribution in [3.05, 3.63) is 28.2 Å². The van der Waals surface area contributed by atoms with E-state index in [0.29, 0.717) is 24.0 Å². The molecule has 1 aliphatic heterocycles. The van der Waals surface area contributed by atoms with Crippen molar-refractivity contribution in [3.8, 4) is 0 Å². The first-order valence-electron chi connectivity index (χ1n) is 5.86. The van der Waals surface area contributed by atoms with E-state index in [1.54, 1.807) is 6.07 Å². The number of piperidine rings is 1. The number of rotatable bonds is 2. The van der Waals surface area contributed by atoms with Crippen molar-refractivity contribution >= 4 is 33.2 Å². The van der Waals surface area contributed by atoms with Gasteiger partial charge in [-0.2, -0.15) is 4.31 Å². The maximum Gasteiger partial charge on any atom is 0.244 e. The van der Waals surface area contributed by atoms with Crippen LogP contribution in [0.3, 0.4) is 0 Å². The zero-order chi connectivity index (χ0) is 13.3.